The van der Waals surface area contributed by atoms with Gasteiger partial charge in [-0.25, -0.2) is 0 Å². The number of nitriles is 1. The summed E-state index contributed by atoms with van der Waals surface area (Å²) in [4.78, 5) is 2.54. The Morgan fingerprint density at radius 3 is 2.57 bits per heavy atom. The summed E-state index contributed by atoms with van der Waals surface area (Å²) in [5, 5.41) is 12.0. The molecule has 2 atom stereocenters. The van der Waals surface area contributed by atoms with E-state index in [2.05, 4.69) is 23.3 Å². The topological polar surface area (TPSA) is 39.1 Å². The highest BCUT2D eigenvalue weighted by Gasteiger charge is 2.37. The second-order valence-electron chi connectivity index (χ2n) is 4.58. The summed E-state index contributed by atoms with van der Waals surface area (Å²) in [6, 6.07) is 4.44. The van der Waals surface area contributed by atoms with Gasteiger partial charge < -0.3 is 10.2 Å². The minimum atomic E-state index is 0.641. The van der Waals surface area contributed by atoms with Gasteiger partial charge in [0.05, 0.1) is 6.07 Å². The van der Waals surface area contributed by atoms with Gasteiger partial charge in [0.1, 0.15) is 0 Å². The number of nitrogens with zero attached hydrogens (tertiary/aromatic N) is 2. The van der Waals surface area contributed by atoms with Gasteiger partial charge >= 0.3 is 0 Å². The van der Waals surface area contributed by atoms with E-state index in [-0.39, 0.29) is 0 Å². The zero-order valence-electron chi connectivity index (χ0n) is 8.87. The van der Waals surface area contributed by atoms with E-state index in [4.69, 9.17) is 5.26 Å². The van der Waals surface area contributed by atoms with Crippen molar-refractivity contribution >= 4 is 0 Å². The Morgan fingerprint density at radius 1 is 1.36 bits per heavy atom. The molecule has 0 aromatic carbocycles. The van der Waals surface area contributed by atoms with Crippen LogP contribution in [-0.4, -0.2) is 36.6 Å². The molecule has 0 aromatic heterocycles. The maximum Gasteiger partial charge on any atom is 0.0635 e. The first-order chi connectivity index (χ1) is 6.81. The molecule has 0 amide bonds. The number of piperidine rings is 1. The molecule has 14 heavy (non-hydrogen) atoms. The normalized spacial score (nSPS) is 37.0. The molecule has 2 aliphatic heterocycles. The summed E-state index contributed by atoms with van der Waals surface area (Å²) in [5.41, 5.74) is 0. The molecule has 2 saturated heterocycles. The second-order valence-corrected chi connectivity index (χ2v) is 4.58. The maximum atomic E-state index is 8.46. The van der Waals surface area contributed by atoms with Gasteiger partial charge in [-0.3, -0.25) is 0 Å². The van der Waals surface area contributed by atoms with Crippen LogP contribution in [-0.2, 0) is 0 Å². The second kappa shape index (κ2) is 4.29. The van der Waals surface area contributed by atoms with Crippen molar-refractivity contribution in [1.29, 1.82) is 5.26 Å². The Kier molecular flexibility index (Phi) is 3.05. The highest BCUT2D eigenvalue weighted by Crippen LogP contribution is 2.33. The molecule has 2 aliphatic rings. The van der Waals surface area contributed by atoms with Crippen molar-refractivity contribution in [2.45, 2.75) is 50.2 Å². The van der Waals surface area contributed by atoms with Gasteiger partial charge in [0.15, 0.2) is 0 Å². The first-order valence-electron chi connectivity index (χ1n) is 5.63. The Labute approximate surface area is 86.1 Å². The molecular formula is C11H19N3. The third-order valence-electron chi connectivity index (χ3n) is 3.77. The highest BCUT2D eigenvalue weighted by atomic mass is 15.2. The number of hydrogen-bond donors (Lipinski definition) is 1. The lowest BCUT2D eigenvalue weighted by Gasteiger charge is -2.36. The first-order valence-corrected chi connectivity index (χ1v) is 5.63. The van der Waals surface area contributed by atoms with Crippen LogP contribution >= 0.6 is 0 Å². The summed E-state index contributed by atoms with van der Waals surface area (Å²) >= 11 is 0. The van der Waals surface area contributed by atoms with Gasteiger partial charge in [0.2, 0.25) is 0 Å². The molecule has 2 heterocycles. The molecule has 0 spiro atoms. The van der Waals surface area contributed by atoms with E-state index in [9.17, 15) is 0 Å². The third-order valence-corrected chi connectivity index (χ3v) is 3.77. The van der Waals surface area contributed by atoms with Gasteiger partial charge in [0, 0.05) is 31.1 Å². The van der Waals surface area contributed by atoms with Crippen molar-refractivity contribution in [2.24, 2.45) is 0 Å². The van der Waals surface area contributed by atoms with E-state index >= 15 is 0 Å². The predicted molar refractivity (Wildman–Crippen MR) is 55.8 cm³/mol. The standard InChI is InChI=1S/C11H19N3/c1-14-10-3-4-11(14)8-9(7-10)13-6-2-5-12/h9-11,13H,2-4,6-8H2,1H3. The van der Waals surface area contributed by atoms with Crippen LogP contribution in [0.1, 0.15) is 32.1 Å². The molecule has 1 N–H and O–H groups in total. The molecular weight excluding hydrogens is 174 g/mol. The van der Waals surface area contributed by atoms with Gasteiger partial charge in [-0.2, -0.15) is 5.26 Å². The number of nitrogens with one attached hydrogen (secondary N) is 1. The minimum Gasteiger partial charge on any atom is -0.313 e. The van der Waals surface area contributed by atoms with Gasteiger partial charge in [-0.05, 0) is 32.7 Å². The van der Waals surface area contributed by atoms with Crippen LogP contribution in [0.5, 0.6) is 0 Å². The van der Waals surface area contributed by atoms with Gasteiger partial charge in [-0.15, -0.1) is 0 Å². The molecule has 0 saturated carbocycles. The van der Waals surface area contributed by atoms with Crippen molar-refractivity contribution in [2.75, 3.05) is 13.6 Å². The number of hydrogen-bond acceptors (Lipinski definition) is 3. The molecule has 3 nitrogen and oxygen atoms in total. The van der Waals surface area contributed by atoms with Crippen LogP contribution in [0.4, 0.5) is 0 Å². The summed E-state index contributed by atoms with van der Waals surface area (Å²) in [6.07, 6.45) is 5.94. The summed E-state index contributed by atoms with van der Waals surface area (Å²) in [6.45, 7) is 0.865. The number of fused-ring (bicyclic) bond motifs is 2. The van der Waals surface area contributed by atoms with Crippen LogP contribution in [0.15, 0.2) is 0 Å². The summed E-state index contributed by atoms with van der Waals surface area (Å²) < 4.78 is 0. The summed E-state index contributed by atoms with van der Waals surface area (Å²) in [7, 11) is 2.26. The highest BCUT2D eigenvalue weighted by molar-refractivity contribution is 4.96. The van der Waals surface area contributed by atoms with Crippen LogP contribution in [0.2, 0.25) is 0 Å². The SMILES string of the molecule is CN1C2CCC1CC(NCCC#N)C2. The van der Waals surface area contributed by atoms with Crippen molar-refractivity contribution in [1.82, 2.24) is 10.2 Å². The van der Waals surface area contributed by atoms with Gasteiger partial charge in [-0.1, -0.05) is 0 Å². The Morgan fingerprint density at radius 2 is 2.00 bits per heavy atom. The van der Waals surface area contributed by atoms with E-state index in [0.717, 1.165) is 18.6 Å². The quantitative estimate of drug-likeness (QED) is 0.683. The van der Waals surface area contributed by atoms with Crippen molar-refractivity contribution in [3.63, 3.8) is 0 Å². The van der Waals surface area contributed by atoms with Crippen molar-refractivity contribution in [3.05, 3.63) is 0 Å². The van der Waals surface area contributed by atoms with Gasteiger partial charge in [0.25, 0.3) is 0 Å². The summed E-state index contributed by atoms with van der Waals surface area (Å²) in [5.74, 6) is 0. The van der Waals surface area contributed by atoms with E-state index in [0.29, 0.717) is 12.5 Å². The molecule has 0 aliphatic carbocycles. The third kappa shape index (κ3) is 1.92. The molecule has 2 fully saturated rings. The van der Waals surface area contributed by atoms with Crippen LogP contribution in [0, 0.1) is 11.3 Å². The lowest BCUT2D eigenvalue weighted by Crippen LogP contribution is -2.47. The molecule has 3 heteroatoms. The van der Waals surface area contributed by atoms with E-state index in [1.165, 1.54) is 25.7 Å². The molecule has 78 valence electrons. The smallest absolute Gasteiger partial charge is 0.0635 e. The molecule has 2 rings (SSSR count). The van der Waals surface area contributed by atoms with E-state index < -0.39 is 0 Å². The maximum absolute atomic E-state index is 8.46. The van der Waals surface area contributed by atoms with Crippen LogP contribution in [0.3, 0.4) is 0 Å². The molecule has 0 radical (unpaired) electrons. The fourth-order valence-electron chi connectivity index (χ4n) is 2.91. The lowest BCUT2D eigenvalue weighted by atomic mass is 9.98. The largest absolute Gasteiger partial charge is 0.313 e. The lowest BCUT2D eigenvalue weighted by molar-refractivity contribution is 0.149. The zero-order valence-corrected chi connectivity index (χ0v) is 8.87. The fourth-order valence-corrected chi connectivity index (χ4v) is 2.91. The van der Waals surface area contributed by atoms with E-state index in [1.807, 2.05) is 0 Å². The number of rotatable bonds is 3. The Bertz CT molecular complexity index is 219. The first kappa shape index (κ1) is 9.95. The van der Waals surface area contributed by atoms with Crippen LogP contribution in [0.25, 0.3) is 0 Å². The van der Waals surface area contributed by atoms with Crippen molar-refractivity contribution in [3.8, 4) is 6.07 Å². The fraction of sp³-hybridized carbons (Fsp3) is 0.909. The minimum absolute atomic E-state index is 0.641. The van der Waals surface area contributed by atoms with Crippen molar-refractivity contribution < 1.29 is 0 Å². The van der Waals surface area contributed by atoms with E-state index in [1.54, 1.807) is 0 Å². The average molecular weight is 193 g/mol. The average Bonchev–Trinajstić information content (AvgIpc) is 2.41. The Hall–Kier alpha value is -0.590. The zero-order chi connectivity index (χ0) is 9.97. The Balaban J connectivity index is 1.79. The molecule has 0 aromatic rings. The predicted octanol–water partition coefficient (Wildman–Crippen LogP) is 1.11. The molecule has 2 unspecified atom stereocenters. The van der Waals surface area contributed by atoms with Crippen LogP contribution < -0.4 is 5.32 Å². The monoisotopic (exact) mass is 193 g/mol. The molecule has 2 bridgehead atoms.